The maximum atomic E-state index is 11.1. The van der Waals surface area contributed by atoms with Crippen LogP contribution < -0.4 is 5.14 Å². The Kier molecular flexibility index (Phi) is 1.91. The van der Waals surface area contributed by atoms with E-state index in [1.807, 2.05) is 0 Å². The van der Waals surface area contributed by atoms with Crippen LogP contribution in [0.2, 0.25) is 0 Å². The average Bonchev–Trinajstić information content (AvgIpc) is 2.72. The van der Waals surface area contributed by atoms with Crippen LogP contribution in [-0.2, 0) is 19.6 Å². The Morgan fingerprint density at radius 3 is 2.43 bits per heavy atom. The van der Waals surface area contributed by atoms with Crippen LogP contribution >= 0.6 is 0 Å². The molecule has 0 radical (unpaired) electrons. The van der Waals surface area contributed by atoms with Crippen LogP contribution in [0.15, 0.2) is 0 Å². The first-order valence-corrected chi connectivity index (χ1v) is 6.09. The van der Waals surface area contributed by atoms with E-state index in [2.05, 4.69) is 4.74 Å². The summed E-state index contributed by atoms with van der Waals surface area (Å²) < 4.78 is 26.5. The van der Waals surface area contributed by atoms with Crippen LogP contribution in [0.5, 0.6) is 0 Å². The summed E-state index contributed by atoms with van der Waals surface area (Å²) in [7, 11) is -2.05. The summed E-state index contributed by atoms with van der Waals surface area (Å²) >= 11 is 0. The number of carbonyl (C=O) groups is 1. The minimum Gasteiger partial charge on any atom is -0.469 e. The third-order valence-corrected chi connectivity index (χ3v) is 4.67. The van der Waals surface area contributed by atoms with Gasteiger partial charge in [0.25, 0.3) is 0 Å². The van der Waals surface area contributed by atoms with E-state index < -0.39 is 15.3 Å². The van der Waals surface area contributed by atoms with Gasteiger partial charge < -0.3 is 4.74 Å². The molecule has 2 aliphatic rings. The fourth-order valence-electron chi connectivity index (χ4n) is 2.35. The molecule has 2 N–H and O–H groups in total. The summed E-state index contributed by atoms with van der Waals surface area (Å²) in [5.74, 6) is -0.316. The van der Waals surface area contributed by atoms with Crippen LogP contribution in [0.4, 0.5) is 0 Å². The molecule has 5 nitrogen and oxygen atoms in total. The number of rotatable bonds is 2. The molecule has 0 saturated heterocycles. The largest absolute Gasteiger partial charge is 0.469 e. The molecule has 2 aliphatic carbocycles. The van der Waals surface area contributed by atoms with E-state index in [0.29, 0.717) is 12.8 Å². The van der Waals surface area contributed by atoms with Gasteiger partial charge in [-0.3, -0.25) is 4.79 Å². The van der Waals surface area contributed by atoms with E-state index in [4.69, 9.17) is 5.14 Å². The highest BCUT2D eigenvalue weighted by atomic mass is 32.2. The van der Waals surface area contributed by atoms with E-state index in [1.165, 1.54) is 7.11 Å². The zero-order chi connectivity index (χ0) is 10.6. The Hall–Kier alpha value is -0.620. The third-order valence-electron chi connectivity index (χ3n) is 3.41. The number of methoxy groups -OCH3 is 1. The second-order valence-corrected chi connectivity index (χ2v) is 6.11. The van der Waals surface area contributed by atoms with Gasteiger partial charge in [0.2, 0.25) is 10.0 Å². The van der Waals surface area contributed by atoms with Crippen molar-refractivity contribution in [3.8, 4) is 0 Å². The van der Waals surface area contributed by atoms with Crippen molar-refractivity contribution in [2.24, 2.45) is 16.5 Å². The predicted octanol–water partition coefficient (Wildman–Crippen LogP) is -0.383. The van der Waals surface area contributed by atoms with Crippen molar-refractivity contribution >= 4 is 16.0 Å². The van der Waals surface area contributed by atoms with Crippen molar-refractivity contribution in [1.29, 1.82) is 0 Å². The van der Waals surface area contributed by atoms with E-state index in [1.54, 1.807) is 0 Å². The lowest BCUT2D eigenvalue weighted by Gasteiger charge is -2.34. The fraction of sp³-hybridized carbons (Fsp3) is 0.875. The third kappa shape index (κ3) is 1.33. The van der Waals surface area contributed by atoms with Gasteiger partial charge >= 0.3 is 5.97 Å². The van der Waals surface area contributed by atoms with Crippen molar-refractivity contribution in [1.82, 2.24) is 0 Å². The van der Waals surface area contributed by atoms with Gasteiger partial charge in [-0.2, -0.15) is 0 Å². The molecule has 14 heavy (non-hydrogen) atoms. The molecule has 2 fully saturated rings. The lowest BCUT2D eigenvalue weighted by Crippen LogP contribution is -2.42. The van der Waals surface area contributed by atoms with Crippen LogP contribution in [-0.4, -0.2) is 26.7 Å². The molecule has 0 aromatic carbocycles. The minimum absolute atomic E-state index is 0.0921. The maximum absolute atomic E-state index is 11.1. The Morgan fingerprint density at radius 2 is 2.00 bits per heavy atom. The molecule has 6 heteroatoms. The van der Waals surface area contributed by atoms with Crippen molar-refractivity contribution < 1.29 is 17.9 Å². The second-order valence-electron chi connectivity index (χ2n) is 4.26. The molecule has 0 aliphatic heterocycles. The summed E-state index contributed by atoms with van der Waals surface area (Å²) in [6.45, 7) is 0. The van der Waals surface area contributed by atoms with Crippen molar-refractivity contribution in [3.63, 3.8) is 0 Å². The first-order chi connectivity index (χ1) is 6.39. The number of hydrogen-bond donors (Lipinski definition) is 1. The predicted molar refractivity (Wildman–Crippen MR) is 48.7 cm³/mol. The van der Waals surface area contributed by atoms with Gasteiger partial charge in [-0.1, -0.05) is 0 Å². The molecule has 2 rings (SSSR count). The smallest absolute Gasteiger partial charge is 0.309 e. The summed E-state index contributed by atoms with van der Waals surface area (Å²) in [6, 6.07) is 0. The number of sulfonamides is 1. The van der Waals surface area contributed by atoms with Crippen LogP contribution in [0.3, 0.4) is 0 Å². The van der Waals surface area contributed by atoms with Gasteiger partial charge in [-0.15, -0.1) is 0 Å². The average molecular weight is 219 g/mol. The molecule has 0 aromatic rings. The second kappa shape index (κ2) is 2.70. The lowest BCUT2D eigenvalue weighted by molar-refractivity contribution is -0.143. The Morgan fingerprint density at radius 1 is 1.43 bits per heavy atom. The highest BCUT2D eigenvalue weighted by Gasteiger charge is 2.67. The molecular weight excluding hydrogens is 206 g/mol. The first kappa shape index (κ1) is 9.92. The molecule has 2 saturated carbocycles. The fourth-order valence-corrected chi connectivity index (χ4v) is 3.48. The minimum atomic E-state index is -3.41. The molecule has 80 valence electrons. The van der Waals surface area contributed by atoms with Gasteiger partial charge in [-0.25, -0.2) is 13.6 Å². The molecule has 1 unspecified atom stereocenters. The van der Waals surface area contributed by atoms with Crippen LogP contribution in [0.25, 0.3) is 0 Å². The molecule has 0 bridgehead atoms. The number of esters is 1. The zero-order valence-corrected chi connectivity index (χ0v) is 8.71. The highest BCUT2D eigenvalue weighted by molar-refractivity contribution is 7.89. The summed E-state index contributed by atoms with van der Waals surface area (Å²) in [5.41, 5.74) is -0.0931. The number of carbonyl (C=O) groups excluding carboxylic acids is 1. The summed E-state index contributed by atoms with van der Waals surface area (Å²) in [6.07, 6.45) is 1.79. The molecule has 0 amide bonds. The van der Waals surface area contributed by atoms with Gasteiger partial charge in [0, 0.05) is 0 Å². The molecule has 0 aromatic heterocycles. The molecule has 1 atom stereocenters. The highest BCUT2D eigenvalue weighted by Crippen LogP contribution is 2.66. The SMILES string of the molecule is COC(=O)C1CC12CC(S(N)(=O)=O)C2. The first-order valence-electron chi connectivity index (χ1n) is 4.48. The standard InChI is InChI=1S/C8H13NO4S/c1-13-7(10)6-4-8(6)2-5(3-8)14(9,11)12/h5-6H,2-4H2,1H3,(H2,9,11,12). The van der Waals surface area contributed by atoms with Crippen molar-refractivity contribution in [2.45, 2.75) is 24.5 Å². The Labute approximate surface area is 82.7 Å². The van der Waals surface area contributed by atoms with Crippen molar-refractivity contribution in [3.05, 3.63) is 0 Å². The quantitative estimate of drug-likeness (QED) is 0.641. The monoisotopic (exact) mass is 219 g/mol. The number of hydrogen-bond acceptors (Lipinski definition) is 4. The van der Waals surface area contributed by atoms with E-state index in [9.17, 15) is 13.2 Å². The van der Waals surface area contributed by atoms with Crippen LogP contribution in [0.1, 0.15) is 19.3 Å². The van der Waals surface area contributed by atoms with Gasteiger partial charge in [0.1, 0.15) is 0 Å². The number of primary sulfonamides is 1. The van der Waals surface area contributed by atoms with E-state index >= 15 is 0 Å². The van der Waals surface area contributed by atoms with Crippen molar-refractivity contribution in [2.75, 3.05) is 7.11 Å². The van der Waals surface area contributed by atoms with Crippen LogP contribution in [0, 0.1) is 11.3 Å². The Bertz CT molecular complexity index is 369. The zero-order valence-electron chi connectivity index (χ0n) is 7.89. The summed E-state index contributed by atoms with van der Waals surface area (Å²) in [5, 5.41) is 4.55. The molecule has 0 heterocycles. The van der Waals surface area contributed by atoms with Gasteiger partial charge in [0.15, 0.2) is 0 Å². The number of nitrogens with two attached hydrogens (primary N) is 1. The molecular formula is C8H13NO4S. The summed E-state index contributed by atoms with van der Waals surface area (Å²) in [4.78, 5) is 11.1. The van der Waals surface area contributed by atoms with E-state index in [-0.39, 0.29) is 17.3 Å². The maximum Gasteiger partial charge on any atom is 0.309 e. The normalized spacial score (nSPS) is 40.4. The topological polar surface area (TPSA) is 86.5 Å². The van der Waals surface area contributed by atoms with E-state index in [0.717, 1.165) is 6.42 Å². The van der Waals surface area contributed by atoms with Gasteiger partial charge in [0.05, 0.1) is 18.3 Å². The van der Waals surface area contributed by atoms with Gasteiger partial charge in [-0.05, 0) is 24.7 Å². The Balaban J connectivity index is 1.94. The molecule has 1 spiro atoms. The lowest BCUT2D eigenvalue weighted by atomic mass is 9.79. The number of ether oxygens (including phenoxy) is 1.